The number of benzene rings is 1. The van der Waals surface area contributed by atoms with Gasteiger partial charge in [0.15, 0.2) is 6.29 Å². The molecule has 2 N–H and O–H groups in total. The Kier molecular flexibility index (Phi) is 3.21. The number of methoxy groups -OCH3 is 1. The van der Waals surface area contributed by atoms with Crippen LogP contribution in [0.25, 0.3) is 0 Å². The number of rotatable bonds is 3. The summed E-state index contributed by atoms with van der Waals surface area (Å²) in [6.45, 7) is 0. The predicted octanol–water partition coefficient (Wildman–Crippen LogP) is -0.673. The topological polar surface area (TPSA) is 66.8 Å². The van der Waals surface area contributed by atoms with Crippen molar-refractivity contribution >= 4 is 18.9 Å². The van der Waals surface area contributed by atoms with Crippen molar-refractivity contribution in [1.29, 1.82) is 0 Å². The molecule has 0 amide bonds. The maximum Gasteiger partial charge on any atom is 0.492 e. The van der Waals surface area contributed by atoms with E-state index >= 15 is 0 Å². The second-order valence-electron chi connectivity index (χ2n) is 2.58. The Balaban J connectivity index is 3.40. The first-order valence-electron chi connectivity index (χ1n) is 3.79. The van der Waals surface area contributed by atoms with Crippen LogP contribution < -0.4 is 10.2 Å². The molecule has 0 radical (unpaired) electrons. The maximum atomic E-state index is 13.0. The summed E-state index contributed by atoms with van der Waals surface area (Å²) in [5, 5.41) is 17.8. The van der Waals surface area contributed by atoms with Crippen molar-refractivity contribution in [2.24, 2.45) is 0 Å². The van der Waals surface area contributed by atoms with E-state index in [9.17, 15) is 9.18 Å². The Morgan fingerprint density at radius 3 is 2.57 bits per heavy atom. The van der Waals surface area contributed by atoms with E-state index in [1.807, 2.05) is 0 Å². The van der Waals surface area contributed by atoms with E-state index in [-0.39, 0.29) is 23.1 Å². The molecule has 74 valence electrons. The Hall–Kier alpha value is -1.40. The molecular weight excluding hydrogens is 190 g/mol. The summed E-state index contributed by atoms with van der Waals surface area (Å²) in [7, 11) is -0.586. The smallest absolute Gasteiger partial charge is 0.492 e. The molecule has 0 aliphatic heterocycles. The number of halogens is 1. The normalized spacial score (nSPS) is 9.71. The van der Waals surface area contributed by atoms with Gasteiger partial charge in [-0.15, -0.1) is 0 Å². The minimum atomic E-state index is -1.80. The molecule has 0 bridgehead atoms. The molecule has 0 spiro atoms. The van der Waals surface area contributed by atoms with Gasteiger partial charge in [0.25, 0.3) is 0 Å². The maximum absolute atomic E-state index is 13.0. The van der Waals surface area contributed by atoms with Crippen LogP contribution in [0.2, 0.25) is 0 Å². The standard InChI is InChI=1S/C8H8BFO4/c1-14-8-5(4-11)7(10)3-2-6(8)9(12)13/h2-4,12-13H,1H3. The monoisotopic (exact) mass is 198 g/mol. The van der Waals surface area contributed by atoms with Crippen molar-refractivity contribution in [2.75, 3.05) is 7.11 Å². The Bertz CT molecular complexity index is 353. The molecule has 0 aromatic heterocycles. The van der Waals surface area contributed by atoms with Gasteiger partial charge < -0.3 is 14.8 Å². The average molecular weight is 198 g/mol. The van der Waals surface area contributed by atoms with E-state index in [4.69, 9.17) is 14.8 Å². The molecule has 0 aliphatic rings. The summed E-state index contributed by atoms with van der Waals surface area (Å²) in [6, 6.07) is 2.12. The molecule has 0 heterocycles. The number of carbonyl (C=O) groups is 1. The number of ether oxygens (including phenoxy) is 1. The molecule has 0 aliphatic carbocycles. The quantitative estimate of drug-likeness (QED) is 0.499. The minimum absolute atomic E-state index is 0.0454. The van der Waals surface area contributed by atoms with Gasteiger partial charge in [-0.2, -0.15) is 0 Å². The van der Waals surface area contributed by atoms with Gasteiger partial charge in [-0.05, 0) is 6.07 Å². The third-order valence-corrected chi connectivity index (χ3v) is 1.77. The van der Waals surface area contributed by atoms with Gasteiger partial charge in [0, 0.05) is 5.46 Å². The molecule has 0 saturated heterocycles. The summed E-state index contributed by atoms with van der Waals surface area (Å²) in [5.74, 6) is -0.920. The molecule has 6 heteroatoms. The van der Waals surface area contributed by atoms with Gasteiger partial charge in [-0.25, -0.2) is 4.39 Å². The fraction of sp³-hybridized carbons (Fsp3) is 0.125. The zero-order valence-electron chi connectivity index (χ0n) is 7.40. The number of aldehydes is 1. The third kappa shape index (κ3) is 1.76. The van der Waals surface area contributed by atoms with Crippen LogP contribution in [-0.2, 0) is 0 Å². The van der Waals surface area contributed by atoms with Gasteiger partial charge >= 0.3 is 7.12 Å². The number of hydrogen-bond donors (Lipinski definition) is 2. The summed E-state index contributed by atoms with van der Waals surface area (Å²) in [6.07, 6.45) is 0.264. The molecule has 0 saturated carbocycles. The highest BCUT2D eigenvalue weighted by atomic mass is 19.1. The van der Waals surface area contributed by atoms with Crippen LogP contribution in [0.1, 0.15) is 10.4 Å². The van der Waals surface area contributed by atoms with Gasteiger partial charge in [0.2, 0.25) is 0 Å². The van der Waals surface area contributed by atoms with E-state index in [0.29, 0.717) is 0 Å². The van der Waals surface area contributed by atoms with Crippen molar-refractivity contribution < 1.29 is 24.0 Å². The predicted molar refractivity (Wildman–Crippen MR) is 48.2 cm³/mol. The zero-order chi connectivity index (χ0) is 10.7. The van der Waals surface area contributed by atoms with Crippen LogP contribution in [-0.4, -0.2) is 30.6 Å². The Labute approximate surface area is 80.1 Å². The van der Waals surface area contributed by atoms with Crippen LogP contribution >= 0.6 is 0 Å². The first kappa shape index (κ1) is 10.7. The molecular formula is C8H8BFO4. The fourth-order valence-corrected chi connectivity index (χ4v) is 1.13. The molecule has 14 heavy (non-hydrogen) atoms. The molecule has 1 aromatic rings. The van der Waals surface area contributed by atoms with Gasteiger partial charge in [-0.1, -0.05) is 6.07 Å². The fourth-order valence-electron chi connectivity index (χ4n) is 1.13. The zero-order valence-corrected chi connectivity index (χ0v) is 7.40. The molecule has 4 nitrogen and oxygen atoms in total. The van der Waals surface area contributed by atoms with E-state index in [1.165, 1.54) is 7.11 Å². The second kappa shape index (κ2) is 4.21. The van der Waals surface area contributed by atoms with Gasteiger partial charge in [0.1, 0.15) is 11.6 Å². The molecule has 0 atom stereocenters. The summed E-state index contributed by atoms with van der Waals surface area (Å²) in [4.78, 5) is 10.5. The number of carbonyl (C=O) groups excluding carboxylic acids is 1. The van der Waals surface area contributed by atoms with Gasteiger partial charge in [0.05, 0.1) is 12.7 Å². The SMILES string of the molecule is COc1c(B(O)O)ccc(F)c1C=O. The second-order valence-corrected chi connectivity index (χ2v) is 2.58. The molecule has 0 fully saturated rings. The largest absolute Gasteiger partial charge is 0.496 e. The van der Waals surface area contributed by atoms with Crippen molar-refractivity contribution in [3.05, 3.63) is 23.5 Å². The van der Waals surface area contributed by atoms with Crippen LogP contribution in [0.4, 0.5) is 4.39 Å². The summed E-state index contributed by atoms with van der Waals surface area (Å²) in [5.41, 5.74) is -0.367. The van der Waals surface area contributed by atoms with Crippen molar-refractivity contribution in [3.8, 4) is 5.75 Å². The van der Waals surface area contributed by atoms with E-state index in [2.05, 4.69) is 0 Å². The van der Waals surface area contributed by atoms with Crippen LogP contribution in [0.5, 0.6) is 5.75 Å². The number of hydrogen-bond acceptors (Lipinski definition) is 4. The average Bonchev–Trinajstić information content (AvgIpc) is 2.16. The van der Waals surface area contributed by atoms with Crippen molar-refractivity contribution in [2.45, 2.75) is 0 Å². The Morgan fingerprint density at radius 2 is 2.14 bits per heavy atom. The molecule has 1 aromatic carbocycles. The molecule has 0 unspecified atom stereocenters. The lowest BCUT2D eigenvalue weighted by Gasteiger charge is -2.10. The lowest BCUT2D eigenvalue weighted by molar-refractivity contribution is 0.111. The first-order chi connectivity index (χ1) is 6.61. The molecule has 1 rings (SSSR count). The highest BCUT2D eigenvalue weighted by molar-refractivity contribution is 6.59. The van der Waals surface area contributed by atoms with Crippen LogP contribution in [0, 0.1) is 5.82 Å². The van der Waals surface area contributed by atoms with E-state index in [1.54, 1.807) is 0 Å². The summed E-state index contributed by atoms with van der Waals surface area (Å²) >= 11 is 0. The van der Waals surface area contributed by atoms with Crippen molar-refractivity contribution in [3.63, 3.8) is 0 Å². The van der Waals surface area contributed by atoms with Gasteiger partial charge in [-0.3, -0.25) is 4.79 Å². The minimum Gasteiger partial charge on any atom is -0.496 e. The third-order valence-electron chi connectivity index (χ3n) is 1.77. The van der Waals surface area contributed by atoms with Crippen LogP contribution in [0.3, 0.4) is 0 Å². The van der Waals surface area contributed by atoms with E-state index < -0.39 is 12.9 Å². The lowest BCUT2D eigenvalue weighted by atomic mass is 9.78. The lowest BCUT2D eigenvalue weighted by Crippen LogP contribution is -2.32. The highest BCUT2D eigenvalue weighted by Gasteiger charge is 2.21. The first-order valence-corrected chi connectivity index (χ1v) is 3.79. The summed E-state index contributed by atoms with van der Waals surface area (Å²) < 4.78 is 17.7. The van der Waals surface area contributed by atoms with Crippen LogP contribution in [0.15, 0.2) is 12.1 Å². The van der Waals surface area contributed by atoms with Crippen molar-refractivity contribution in [1.82, 2.24) is 0 Å². The van der Waals surface area contributed by atoms with E-state index in [0.717, 1.165) is 12.1 Å². The highest BCUT2D eigenvalue weighted by Crippen LogP contribution is 2.17. The Morgan fingerprint density at radius 1 is 1.50 bits per heavy atom.